The summed E-state index contributed by atoms with van der Waals surface area (Å²) < 4.78 is 18.4. The van der Waals surface area contributed by atoms with Gasteiger partial charge in [0.1, 0.15) is 18.2 Å². The first-order chi connectivity index (χ1) is 9.65. The van der Waals surface area contributed by atoms with Crippen LogP contribution >= 0.6 is 0 Å². The first-order valence-corrected chi connectivity index (χ1v) is 7.02. The molecule has 2 bridgehead atoms. The van der Waals surface area contributed by atoms with Crippen LogP contribution in [0.2, 0.25) is 0 Å². The molecule has 4 nitrogen and oxygen atoms in total. The summed E-state index contributed by atoms with van der Waals surface area (Å²) >= 11 is 0. The fourth-order valence-electron chi connectivity index (χ4n) is 3.51. The molecule has 108 valence electrons. The summed E-state index contributed by atoms with van der Waals surface area (Å²) in [6, 6.07) is 6.50. The van der Waals surface area contributed by atoms with Crippen molar-refractivity contribution >= 4 is 5.97 Å². The predicted molar refractivity (Wildman–Crippen MR) is 71.2 cm³/mol. The van der Waals surface area contributed by atoms with Gasteiger partial charge in [0.15, 0.2) is 0 Å². The van der Waals surface area contributed by atoms with Gasteiger partial charge in [-0.05, 0) is 43.5 Å². The molecule has 0 radical (unpaired) electrons. The van der Waals surface area contributed by atoms with Gasteiger partial charge in [-0.1, -0.05) is 0 Å². The van der Waals surface area contributed by atoms with Crippen LogP contribution in [0.3, 0.4) is 0 Å². The highest BCUT2D eigenvalue weighted by atomic mass is 19.1. The van der Waals surface area contributed by atoms with Gasteiger partial charge in [0.05, 0.1) is 5.92 Å². The lowest BCUT2D eigenvalue weighted by Crippen LogP contribution is -2.35. The van der Waals surface area contributed by atoms with Gasteiger partial charge in [0, 0.05) is 18.6 Å². The van der Waals surface area contributed by atoms with E-state index in [0.29, 0.717) is 18.4 Å². The number of benzene rings is 1. The van der Waals surface area contributed by atoms with Crippen molar-refractivity contribution in [2.75, 3.05) is 13.2 Å². The molecule has 20 heavy (non-hydrogen) atoms. The summed E-state index contributed by atoms with van der Waals surface area (Å²) in [7, 11) is 0. The molecule has 3 atom stereocenters. The van der Waals surface area contributed by atoms with Crippen LogP contribution in [0.4, 0.5) is 4.39 Å². The Labute approximate surface area is 117 Å². The molecule has 2 aliphatic rings. The van der Waals surface area contributed by atoms with Crippen LogP contribution in [0.15, 0.2) is 24.3 Å². The van der Waals surface area contributed by atoms with E-state index in [1.807, 2.05) is 0 Å². The number of carboxylic acids is 1. The quantitative estimate of drug-likeness (QED) is 0.897. The number of carbonyl (C=O) groups is 1. The van der Waals surface area contributed by atoms with E-state index in [1.54, 1.807) is 12.1 Å². The number of halogens is 1. The number of ether oxygens (including phenoxy) is 1. The van der Waals surface area contributed by atoms with Crippen LogP contribution in [-0.4, -0.2) is 41.2 Å². The number of aliphatic carboxylic acids is 1. The van der Waals surface area contributed by atoms with E-state index in [1.165, 1.54) is 12.1 Å². The van der Waals surface area contributed by atoms with Gasteiger partial charge in [0.25, 0.3) is 0 Å². The van der Waals surface area contributed by atoms with Crippen molar-refractivity contribution in [2.24, 2.45) is 5.92 Å². The molecule has 2 aliphatic heterocycles. The van der Waals surface area contributed by atoms with Gasteiger partial charge in [-0.2, -0.15) is 0 Å². The van der Waals surface area contributed by atoms with Gasteiger partial charge in [-0.25, -0.2) is 4.39 Å². The molecule has 0 aliphatic carbocycles. The fraction of sp³-hybridized carbons (Fsp3) is 0.533. The summed E-state index contributed by atoms with van der Waals surface area (Å²) in [6.45, 7) is 1.24. The van der Waals surface area contributed by atoms with Crippen LogP contribution in [0, 0.1) is 11.7 Å². The third-order valence-corrected chi connectivity index (χ3v) is 4.43. The maximum absolute atomic E-state index is 12.8. The zero-order valence-electron chi connectivity index (χ0n) is 11.2. The summed E-state index contributed by atoms with van der Waals surface area (Å²) in [5.41, 5.74) is 0. The van der Waals surface area contributed by atoms with E-state index in [4.69, 9.17) is 4.74 Å². The maximum Gasteiger partial charge on any atom is 0.308 e. The maximum atomic E-state index is 12.8. The third-order valence-electron chi connectivity index (χ3n) is 4.43. The van der Waals surface area contributed by atoms with Crippen LogP contribution < -0.4 is 4.74 Å². The molecule has 1 aromatic rings. The molecule has 3 rings (SSSR count). The van der Waals surface area contributed by atoms with E-state index in [-0.39, 0.29) is 17.8 Å². The molecule has 2 saturated heterocycles. The van der Waals surface area contributed by atoms with Crippen molar-refractivity contribution < 1.29 is 19.0 Å². The topological polar surface area (TPSA) is 49.8 Å². The Morgan fingerprint density at radius 3 is 2.75 bits per heavy atom. The summed E-state index contributed by atoms with van der Waals surface area (Å²) in [6.07, 6.45) is 2.82. The van der Waals surface area contributed by atoms with Gasteiger partial charge < -0.3 is 9.84 Å². The van der Waals surface area contributed by atoms with E-state index >= 15 is 0 Å². The number of hydrogen-bond donors (Lipinski definition) is 1. The molecule has 1 N–H and O–H groups in total. The number of nitrogens with zero attached hydrogens (tertiary/aromatic N) is 1. The Hall–Kier alpha value is -1.62. The van der Waals surface area contributed by atoms with Gasteiger partial charge in [0.2, 0.25) is 0 Å². The average molecular weight is 279 g/mol. The fourth-order valence-corrected chi connectivity index (χ4v) is 3.51. The highest BCUT2D eigenvalue weighted by Crippen LogP contribution is 2.41. The zero-order chi connectivity index (χ0) is 14.1. The smallest absolute Gasteiger partial charge is 0.308 e. The molecule has 2 fully saturated rings. The summed E-state index contributed by atoms with van der Waals surface area (Å²) in [5, 5.41) is 9.19. The second-order valence-corrected chi connectivity index (χ2v) is 5.52. The molecule has 0 saturated carbocycles. The predicted octanol–water partition coefficient (Wildman–Crippen LogP) is 2.14. The van der Waals surface area contributed by atoms with Crippen LogP contribution in [-0.2, 0) is 4.79 Å². The van der Waals surface area contributed by atoms with Gasteiger partial charge >= 0.3 is 5.97 Å². The standard InChI is InChI=1S/C15H18FNO3/c16-10-1-4-12(5-2-10)20-8-7-17-11-3-6-14(17)13(9-11)15(18)19/h1-2,4-5,11,13-14H,3,6-9H2,(H,18,19). The van der Waals surface area contributed by atoms with Gasteiger partial charge in [-0.3, -0.25) is 9.69 Å². The molecule has 0 amide bonds. The Balaban J connectivity index is 1.52. The highest BCUT2D eigenvalue weighted by molar-refractivity contribution is 5.71. The number of fused-ring (bicyclic) bond motifs is 2. The number of carboxylic acid groups (broad SMARTS) is 1. The van der Waals surface area contributed by atoms with Crippen LogP contribution in [0.25, 0.3) is 0 Å². The Morgan fingerprint density at radius 2 is 2.10 bits per heavy atom. The molecule has 3 unspecified atom stereocenters. The molecular formula is C15H18FNO3. The van der Waals surface area contributed by atoms with E-state index in [9.17, 15) is 14.3 Å². The summed E-state index contributed by atoms with van der Waals surface area (Å²) in [4.78, 5) is 13.4. The van der Waals surface area contributed by atoms with Crippen molar-refractivity contribution in [3.05, 3.63) is 30.1 Å². The molecule has 0 spiro atoms. The second kappa shape index (κ2) is 5.40. The minimum Gasteiger partial charge on any atom is -0.492 e. The monoisotopic (exact) mass is 279 g/mol. The van der Waals surface area contributed by atoms with Crippen molar-refractivity contribution in [2.45, 2.75) is 31.3 Å². The van der Waals surface area contributed by atoms with Crippen molar-refractivity contribution in [3.8, 4) is 5.75 Å². The van der Waals surface area contributed by atoms with Crippen LogP contribution in [0.1, 0.15) is 19.3 Å². The van der Waals surface area contributed by atoms with E-state index in [0.717, 1.165) is 25.8 Å². The van der Waals surface area contributed by atoms with Crippen molar-refractivity contribution in [1.29, 1.82) is 0 Å². The Morgan fingerprint density at radius 1 is 1.35 bits per heavy atom. The highest BCUT2D eigenvalue weighted by Gasteiger charge is 2.48. The molecule has 5 heteroatoms. The molecular weight excluding hydrogens is 261 g/mol. The molecule has 2 heterocycles. The largest absolute Gasteiger partial charge is 0.492 e. The lowest BCUT2D eigenvalue weighted by Gasteiger charge is -2.22. The number of hydrogen-bond acceptors (Lipinski definition) is 3. The molecule has 1 aromatic carbocycles. The first-order valence-electron chi connectivity index (χ1n) is 7.02. The number of rotatable bonds is 5. The van der Waals surface area contributed by atoms with Gasteiger partial charge in [-0.15, -0.1) is 0 Å². The van der Waals surface area contributed by atoms with Crippen molar-refractivity contribution in [3.63, 3.8) is 0 Å². The first kappa shape index (κ1) is 13.4. The second-order valence-electron chi connectivity index (χ2n) is 5.52. The zero-order valence-corrected chi connectivity index (χ0v) is 11.2. The lowest BCUT2D eigenvalue weighted by atomic mass is 9.89. The van der Waals surface area contributed by atoms with E-state index < -0.39 is 5.97 Å². The minimum absolute atomic E-state index is 0.161. The normalized spacial score (nSPS) is 28.8. The van der Waals surface area contributed by atoms with Crippen LogP contribution in [0.5, 0.6) is 5.75 Å². The SMILES string of the molecule is O=C(O)C1CC2CCC1N2CCOc1ccc(F)cc1. The third kappa shape index (κ3) is 2.50. The Kier molecular flexibility index (Phi) is 3.61. The average Bonchev–Trinajstić information content (AvgIpc) is 2.98. The lowest BCUT2D eigenvalue weighted by molar-refractivity contribution is -0.142. The van der Waals surface area contributed by atoms with Crippen molar-refractivity contribution in [1.82, 2.24) is 4.90 Å². The minimum atomic E-state index is -0.679. The molecule has 0 aromatic heterocycles. The Bertz CT molecular complexity index is 490. The summed E-state index contributed by atoms with van der Waals surface area (Å²) in [5.74, 6) is -0.534. The van der Waals surface area contributed by atoms with E-state index in [2.05, 4.69) is 4.90 Å².